The van der Waals surface area contributed by atoms with Gasteiger partial charge in [0.25, 0.3) is 0 Å². The van der Waals surface area contributed by atoms with Gasteiger partial charge in [0.15, 0.2) is 11.5 Å². The number of para-hydroxylation sites is 2. The zero-order valence-corrected chi connectivity index (χ0v) is 27.4. The fourth-order valence-electron chi connectivity index (χ4n) is 4.67. The van der Waals surface area contributed by atoms with Crippen LogP contribution in [-0.4, -0.2) is 31.1 Å². The number of benzene rings is 2. The van der Waals surface area contributed by atoms with E-state index in [4.69, 9.17) is 0 Å². The number of carbonyl (C=O) groups is 1. The largest absolute Gasteiger partial charge is 0.512 e. The van der Waals surface area contributed by atoms with E-state index in [0.717, 1.165) is 35.8 Å². The summed E-state index contributed by atoms with van der Waals surface area (Å²) < 4.78 is 41.3. The second-order valence-electron chi connectivity index (χ2n) is 9.86. The number of nitrogens with zero attached hydrogens (tertiary/aromatic N) is 4. The van der Waals surface area contributed by atoms with Crippen molar-refractivity contribution in [3.8, 4) is 10.6 Å². The molecule has 11 heteroatoms. The van der Waals surface area contributed by atoms with E-state index in [1.807, 2.05) is 52.0 Å². The number of rotatable bonds is 8. The molecule has 0 bridgehead atoms. The molecule has 6 nitrogen and oxygen atoms in total. The van der Waals surface area contributed by atoms with E-state index in [0.29, 0.717) is 15.9 Å². The number of alkyl halides is 3. The van der Waals surface area contributed by atoms with E-state index in [2.05, 4.69) is 26.2 Å². The molecule has 5 aromatic rings. The number of hydrogen-bond acceptors (Lipinski definition) is 7. The van der Waals surface area contributed by atoms with Crippen LogP contribution in [0.15, 0.2) is 60.4 Å². The summed E-state index contributed by atoms with van der Waals surface area (Å²) >= 11 is 1.38. The second-order valence-corrected chi connectivity index (χ2v) is 10.9. The van der Waals surface area contributed by atoms with Crippen molar-refractivity contribution in [3.05, 3.63) is 72.1 Å². The van der Waals surface area contributed by atoms with Gasteiger partial charge in [0.05, 0.1) is 28.0 Å². The molecule has 2 aromatic carbocycles. The molecule has 0 atom stereocenters. The number of aliphatic hydroxyl groups is 1. The molecule has 0 saturated carbocycles. The molecule has 229 valence electrons. The molecule has 3 aromatic heterocycles. The van der Waals surface area contributed by atoms with Crippen molar-refractivity contribution in [2.24, 2.45) is 11.8 Å². The first-order valence-corrected chi connectivity index (χ1v) is 14.8. The first-order chi connectivity index (χ1) is 20.1. The normalized spacial score (nSPS) is 12.1. The van der Waals surface area contributed by atoms with Crippen LogP contribution in [0.2, 0.25) is 0 Å². The maximum absolute atomic E-state index is 13.4. The minimum absolute atomic E-state index is 0. The van der Waals surface area contributed by atoms with Crippen molar-refractivity contribution >= 4 is 49.3 Å². The van der Waals surface area contributed by atoms with E-state index in [9.17, 15) is 23.1 Å². The third-order valence-corrected chi connectivity index (χ3v) is 8.26. The number of thiophene rings is 1. The summed E-state index contributed by atoms with van der Waals surface area (Å²) in [4.78, 5) is 20.9. The Hall–Kier alpha value is -3.27. The molecular formula is C32H32F3IrN4O2S-. The summed E-state index contributed by atoms with van der Waals surface area (Å²) in [5.74, 6) is 0.547. The summed E-state index contributed by atoms with van der Waals surface area (Å²) in [5.41, 5.74) is -0.266. The number of ketones is 1. The number of aromatic nitrogens is 4. The van der Waals surface area contributed by atoms with Gasteiger partial charge in [0, 0.05) is 38.0 Å². The zero-order valence-electron chi connectivity index (χ0n) is 24.2. The first kappa shape index (κ1) is 34.2. The maximum atomic E-state index is 13.4. The Bertz CT molecular complexity index is 1700. The minimum Gasteiger partial charge on any atom is -0.512 e. The van der Waals surface area contributed by atoms with Gasteiger partial charge in [-0.05, 0) is 47.4 Å². The van der Waals surface area contributed by atoms with Crippen molar-refractivity contribution in [1.82, 2.24) is 20.2 Å². The Morgan fingerprint density at radius 2 is 1.44 bits per heavy atom. The van der Waals surface area contributed by atoms with Gasteiger partial charge in [0.2, 0.25) is 0 Å². The van der Waals surface area contributed by atoms with Crippen molar-refractivity contribution in [2.45, 2.75) is 59.6 Å². The number of aliphatic hydroxyl groups excluding tert-OH is 1. The molecule has 0 aliphatic heterocycles. The third kappa shape index (κ3) is 7.82. The molecular weight excluding hydrogens is 754 g/mol. The molecule has 1 N–H and O–H groups in total. The molecule has 1 radical (unpaired) electrons. The van der Waals surface area contributed by atoms with Gasteiger partial charge in [-0.15, -0.1) is 23.6 Å². The van der Waals surface area contributed by atoms with Crippen LogP contribution >= 0.6 is 11.3 Å². The molecule has 5 rings (SSSR count). The zero-order chi connectivity index (χ0) is 30.4. The Morgan fingerprint density at radius 1 is 0.884 bits per heavy atom. The average Bonchev–Trinajstić information content (AvgIpc) is 3.41. The Kier molecular flexibility index (Phi) is 11.9. The molecule has 0 amide bonds. The van der Waals surface area contributed by atoms with Crippen LogP contribution in [0.3, 0.4) is 0 Å². The van der Waals surface area contributed by atoms with E-state index in [1.165, 1.54) is 17.4 Å². The van der Waals surface area contributed by atoms with Gasteiger partial charge in [-0.2, -0.15) is 23.4 Å². The van der Waals surface area contributed by atoms with Crippen molar-refractivity contribution in [1.29, 1.82) is 0 Å². The molecule has 0 fully saturated rings. The summed E-state index contributed by atoms with van der Waals surface area (Å²) in [6.07, 6.45) is 0.230. The summed E-state index contributed by atoms with van der Waals surface area (Å²) in [5, 5.41) is 17.9. The molecule has 3 heterocycles. The molecule has 0 unspecified atom stereocenters. The van der Waals surface area contributed by atoms with Gasteiger partial charge < -0.3 is 5.11 Å². The average molecular weight is 786 g/mol. The quantitative estimate of drug-likeness (QED) is 0.0731. The first-order valence-electron chi connectivity index (χ1n) is 14.0. The van der Waals surface area contributed by atoms with Crippen LogP contribution in [-0.2, 0) is 31.1 Å². The Labute approximate surface area is 265 Å². The predicted octanol–water partition coefficient (Wildman–Crippen LogP) is 9.14. The SMILES string of the molecule is CCC(CC)C(=O)/C=C(\O)C(CC)CC.FC(F)(F)c1nnc(-c2[c-]c3ccccc3s2)c2nc3ccccc3nc12.[Ir]. The van der Waals surface area contributed by atoms with Crippen LogP contribution in [0.5, 0.6) is 0 Å². The van der Waals surface area contributed by atoms with Crippen LogP contribution in [0.1, 0.15) is 59.1 Å². The van der Waals surface area contributed by atoms with Crippen molar-refractivity contribution < 1.29 is 43.2 Å². The van der Waals surface area contributed by atoms with Crippen molar-refractivity contribution in [2.75, 3.05) is 0 Å². The van der Waals surface area contributed by atoms with Gasteiger partial charge in [-0.1, -0.05) is 52.0 Å². The van der Waals surface area contributed by atoms with Gasteiger partial charge >= 0.3 is 6.18 Å². The Morgan fingerprint density at radius 3 is 2.00 bits per heavy atom. The van der Waals surface area contributed by atoms with E-state index in [1.54, 1.807) is 24.3 Å². The van der Waals surface area contributed by atoms with E-state index in [-0.39, 0.29) is 60.2 Å². The van der Waals surface area contributed by atoms with Crippen LogP contribution in [0.4, 0.5) is 13.2 Å². The summed E-state index contributed by atoms with van der Waals surface area (Å²) in [6, 6.07) is 17.5. The number of allylic oxidation sites excluding steroid dienone is 2. The monoisotopic (exact) mass is 786 g/mol. The molecule has 43 heavy (non-hydrogen) atoms. The van der Waals surface area contributed by atoms with Crippen molar-refractivity contribution in [3.63, 3.8) is 0 Å². The fourth-order valence-corrected chi connectivity index (χ4v) is 5.66. The fraction of sp³-hybridized carbons (Fsp3) is 0.344. The number of carbonyl (C=O) groups excluding carboxylic acids is 1. The minimum atomic E-state index is -4.68. The summed E-state index contributed by atoms with van der Waals surface area (Å²) in [7, 11) is 0. The predicted molar refractivity (Wildman–Crippen MR) is 161 cm³/mol. The second kappa shape index (κ2) is 14.9. The third-order valence-electron chi connectivity index (χ3n) is 7.18. The number of fused-ring (bicyclic) bond motifs is 3. The molecule has 0 aliphatic carbocycles. The van der Waals surface area contributed by atoms with Crippen LogP contribution < -0.4 is 0 Å². The summed E-state index contributed by atoms with van der Waals surface area (Å²) in [6.45, 7) is 8.07. The maximum Gasteiger partial charge on any atom is 0.437 e. The van der Waals surface area contributed by atoms with E-state index >= 15 is 0 Å². The molecule has 0 spiro atoms. The van der Waals surface area contributed by atoms with Crippen LogP contribution in [0.25, 0.3) is 42.7 Å². The Balaban J connectivity index is 0.000000274. The van der Waals surface area contributed by atoms with Crippen LogP contribution in [0, 0.1) is 17.9 Å². The molecule has 0 aliphatic rings. The van der Waals surface area contributed by atoms with Gasteiger partial charge in [0.1, 0.15) is 5.52 Å². The topological polar surface area (TPSA) is 88.9 Å². The standard InChI is InChI=1S/C19H8F3N4S.C13H24O2.Ir/c20-19(21,22)18-17-16(23-11-6-2-3-7-12(11)24-17)15(25-26-18)14-9-10-5-1-4-8-13(10)27-14;1-5-10(6-2)12(14)9-13(15)11(7-3)8-4;/h1-8H;9-11,14H,5-8H2,1-4H3;/q-1;;/b;12-9-;. The van der Waals surface area contributed by atoms with E-state index < -0.39 is 11.9 Å². The smallest absolute Gasteiger partial charge is 0.437 e. The molecule has 0 saturated heterocycles. The number of halogens is 3. The van der Waals surface area contributed by atoms with Gasteiger partial charge in [-0.3, -0.25) is 9.78 Å². The van der Waals surface area contributed by atoms with Gasteiger partial charge in [-0.25, -0.2) is 16.3 Å². The number of hydrogen-bond donors (Lipinski definition) is 1.